The molecule has 3 aromatic rings. The first-order valence-electron chi connectivity index (χ1n) is 6.19. The quantitative estimate of drug-likeness (QED) is 0.455. The molecule has 0 N–H and O–H groups in total. The van der Waals surface area contributed by atoms with Crippen LogP contribution in [0.5, 0.6) is 0 Å². The Labute approximate surface area is 108 Å². The standard InChI is InChI=1S/C17H12P/c1-2-5-15-12(4-1)10-14-11-13(7-8-16(14)15)17-6-3-9-18-17/h1-9,18H,10H2. The molecule has 0 fully saturated rings. The third-order valence-electron chi connectivity index (χ3n) is 3.59. The second-order valence-corrected chi connectivity index (χ2v) is 5.84. The van der Waals surface area contributed by atoms with Gasteiger partial charge in [-0.3, -0.25) is 0 Å². The van der Waals surface area contributed by atoms with Gasteiger partial charge in [0.05, 0.1) is 0 Å². The molecule has 1 radical (unpaired) electrons. The smallest absolute Gasteiger partial charge is 0.000705 e. The van der Waals surface area contributed by atoms with E-state index in [9.17, 15) is 0 Å². The molecule has 0 aliphatic heterocycles. The highest BCUT2D eigenvalue weighted by atomic mass is 31.0. The fourth-order valence-electron chi connectivity index (χ4n) is 2.71. The van der Waals surface area contributed by atoms with Crippen LogP contribution in [0.25, 0.3) is 22.0 Å². The molecule has 0 nitrogen and oxygen atoms in total. The van der Waals surface area contributed by atoms with E-state index < -0.39 is 0 Å². The molecule has 4 rings (SSSR count). The predicted molar refractivity (Wildman–Crippen MR) is 78.5 cm³/mol. The lowest BCUT2D eigenvalue weighted by molar-refractivity contribution is 1.26. The molecule has 1 unspecified atom stereocenters. The van der Waals surface area contributed by atoms with Crippen molar-refractivity contribution >= 4 is 8.19 Å². The van der Waals surface area contributed by atoms with Gasteiger partial charge in [0.1, 0.15) is 0 Å². The predicted octanol–water partition coefficient (Wildman–Crippen LogP) is 4.76. The molecule has 0 saturated carbocycles. The summed E-state index contributed by atoms with van der Waals surface area (Å²) >= 11 is 0. The summed E-state index contributed by atoms with van der Waals surface area (Å²) in [5.74, 6) is 2.23. The number of fused-ring (bicyclic) bond motifs is 3. The van der Waals surface area contributed by atoms with Gasteiger partial charge in [-0.05, 0) is 51.4 Å². The normalized spacial score (nSPS) is 12.7. The van der Waals surface area contributed by atoms with Gasteiger partial charge in [-0.25, -0.2) is 0 Å². The molecule has 1 aromatic heterocycles. The van der Waals surface area contributed by atoms with Crippen molar-refractivity contribution in [2.45, 2.75) is 6.42 Å². The second kappa shape index (κ2) is 3.86. The minimum absolute atomic E-state index is 0.800. The van der Waals surface area contributed by atoms with Gasteiger partial charge in [0, 0.05) is 0 Å². The topological polar surface area (TPSA) is 0 Å². The number of hydrogen-bond donors (Lipinski definition) is 0. The van der Waals surface area contributed by atoms with Crippen LogP contribution in [0.4, 0.5) is 0 Å². The van der Waals surface area contributed by atoms with Crippen molar-refractivity contribution in [1.29, 1.82) is 0 Å². The van der Waals surface area contributed by atoms with Gasteiger partial charge < -0.3 is 0 Å². The summed E-state index contributed by atoms with van der Waals surface area (Å²) in [6, 6.07) is 21.1. The zero-order chi connectivity index (χ0) is 11.9. The van der Waals surface area contributed by atoms with Gasteiger partial charge in [0.2, 0.25) is 0 Å². The lowest BCUT2D eigenvalue weighted by Crippen LogP contribution is -1.82. The monoisotopic (exact) mass is 247 g/mol. The molecule has 1 heterocycles. The van der Waals surface area contributed by atoms with Crippen LogP contribution in [0.15, 0.2) is 54.3 Å². The minimum atomic E-state index is 0.800. The molecule has 85 valence electrons. The first kappa shape index (κ1) is 10.2. The number of hydrogen-bond acceptors (Lipinski definition) is 0. The fraction of sp³-hybridized carbons (Fsp3) is 0.0588. The van der Waals surface area contributed by atoms with E-state index in [-0.39, 0.29) is 0 Å². The number of rotatable bonds is 1. The van der Waals surface area contributed by atoms with Gasteiger partial charge in [0.15, 0.2) is 0 Å². The highest BCUT2D eigenvalue weighted by Crippen LogP contribution is 2.39. The van der Waals surface area contributed by atoms with Gasteiger partial charge in [-0.1, -0.05) is 48.5 Å². The Balaban J connectivity index is 1.87. The zero-order valence-corrected chi connectivity index (χ0v) is 10.9. The largest absolute Gasteiger partial charge is 0.132 e. The van der Waals surface area contributed by atoms with Crippen LogP contribution in [-0.4, -0.2) is 0 Å². The molecule has 1 aliphatic carbocycles. The molecule has 1 atom stereocenters. The van der Waals surface area contributed by atoms with Crippen molar-refractivity contribution < 1.29 is 0 Å². The van der Waals surface area contributed by atoms with Crippen LogP contribution < -0.4 is 0 Å². The van der Waals surface area contributed by atoms with Crippen molar-refractivity contribution in [2.24, 2.45) is 0 Å². The van der Waals surface area contributed by atoms with E-state index in [4.69, 9.17) is 0 Å². The lowest BCUT2D eigenvalue weighted by Gasteiger charge is -2.03. The third kappa shape index (κ3) is 1.46. The maximum atomic E-state index is 3.61. The average Bonchev–Trinajstić information content (AvgIpc) is 3.05. The molecule has 0 saturated heterocycles. The second-order valence-electron chi connectivity index (χ2n) is 4.68. The molecule has 1 heteroatoms. The highest BCUT2D eigenvalue weighted by molar-refractivity contribution is 7.33. The van der Waals surface area contributed by atoms with E-state index in [1.807, 2.05) is 0 Å². The maximum Gasteiger partial charge on any atom is -0.000705 e. The molecule has 18 heavy (non-hydrogen) atoms. The summed E-state index contributed by atoms with van der Waals surface area (Å²) in [4.78, 5) is 0. The third-order valence-corrected chi connectivity index (χ3v) is 4.70. The average molecular weight is 247 g/mol. The zero-order valence-electron chi connectivity index (χ0n) is 9.90. The molecule has 0 spiro atoms. The van der Waals surface area contributed by atoms with E-state index in [1.165, 1.54) is 33.1 Å². The molecule has 1 aliphatic rings. The van der Waals surface area contributed by atoms with Crippen molar-refractivity contribution in [3.05, 3.63) is 71.5 Å². The summed E-state index contributed by atoms with van der Waals surface area (Å²) in [5, 5.41) is 1.41. The van der Waals surface area contributed by atoms with Gasteiger partial charge in [-0.2, -0.15) is 0 Å². The Morgan fingerprint density at radius 2 is 1.83 bits per heavy atom. The van der Waals surface area contributed by atoms with E-state index in [0.29, 0.717) is 0 Å². The molecular weight excluding hydrogens is 235 g/mol. The van der Waals surface area contributed by atoms with Gasteiger partial charge in [-0.15, -0.1) is 8.19 Å². The Hall–Kier alpha value is -1.78. The lowest BCUT2D eigenvalue weighted by atomic mass is 10.0. The molecular formula is C17H12P. The van der Waals surface area contributed by atoms with Crippen LogP contribution in [0, 0.1) is 6.07 Å². The van der Waals surface area contributed by atoms with Crippen molar-refractivity contribution in [3.8, 4) is 22.0 Å². The van der Waals surface area contributed by atoms with Crippen molar-refractivity contribution in [1.82, 2.24) is 0 Å². The Bertz CT molecular complexity index is 708. The maximum absolute atomic E-state index is 3.61. The van der Waals surface area contributed by atoms with Crippen LogP contribution in [0.2, 0.25) is 0 Å². The van der Waals surface area contributed by atoms with E-state index in [2.05, 4.69) is 60.4 Å². The van der Waals surface area contributed by atoms with E-state index >= 15 is 0 Å². The van der Waals surface area contributed by atoms with Gasteiger partial charge >= 0.3 is 0 Å². The SMILES string of the molecule is [c]1c(-c2ccc[pH]2)ccc2c1Cc1ccccc1-2. The molecule has 2 aromatic carbocycles. The summed E-state index contributed by atoms with van der Waals surface area (Å²) < 4.78 is 0. The molecule has 0 bridgehead atoms. The first-order valence-corrected chi connectivity index (χ1v) is 7.27. The van der Waals surface area contributed by atoms with Crippen LogP contribution in [0.3, 0.4) is 0 Å². The highest BCUT2D eigenvalue weighted by Gasteiger charge is 2.18. The molecule has 0 amide bonds. The van der Waals surface area contributed by atoms with Crippen LogP contribution in [-0.2, 0) is 6.42 Å². The van der Waals surface area contributed by atoms with E-state index in [0.717, 1.165) is 14.6 Å². The Kier molecular flexibility index (Phi) is 2.18. The Morgan fingerprint density at radius 1 is 0.889 bits per heavy atom. The Morgan fingerprint density at radius 3 is 2.72 bits per heavy atom. The summed E-state index contributed by atoms with van der Waals surface area (Å²) in [7, 11) is 0.800. The summed E-state index contributed by atoms with van der Waals surface area (Å²) in [6.07, 6.45) is 1.03. The van der Waals surface area contributed by atoms with Crippen molar-refractivity contribution in [3.63, 3.8) is 0 Å². The fourth-order valence-corrected chi connectivity index (χ4v) is 3.58. The van der Waals surface area contributed by atoms with Gasteiger partial charge in [0.25, 0.3) is 0 Å². The van der Waals surface area contributed by atoms with Crippen LogP contribution in [0.1, 0.15) is 11.1 Å². The number of benzene rings is 2. The van der Waals surface area contributed by atoms with Crippen LogP contribution >= 0.6 is 8.19 Å². The summed E-state index contributed by atoms with van der Waals surface area (Å²) in [6.45, 7) is 0. The minimum Gasteiger partial charge on any atom is -0.132 e. The summed E-state index contributed by atoms with van der Waals surface area (Å²) in [5.41, 5.74) is 6.80. The van der Waals surface area contributed by atoms with E-state index in [1.54, 1.807) is 0 Å². The van der Waals surface area contributed by atoms with Crippen molar-refractivity contribution in [2.75, 3.05) is 0 Å². The first-order chi connectivity index (χ1) is 8.92.